The third-order valence-electron chi connectivity index (χ3n) is 2.37. The molecule has 2 aromatic rings. The van der Waals surface area contributed by atoms with Crippen molar-refractivity contribution in [2.24, 2.45) is 5.73 Å². The van der Waals surface area contributed by atoms with Crippen LogP contribution in [-0.4, -0.2) is 11.0 Å². The molecule has 1 aromatic heterocycles. The molecule has 1 heterocycles. The van der Waals surface area contributed by atoms with E-state index in [2.05, 4.69) is 29.2 Å². The molecular formula is C14H16N2S. The van der Waals surface area contributed by atoms with Crippen LogP contribution in [0.1, 0.15) is 12.5 Å². The normalized spacial score (nSPS) is 12.4. The summed E-state index contributed by atoms with van der Waals surface area (Å²) >= 11 is 1.69. The number of aromatic nitrogens is 1. The highest BCUT2D eigenvalue weighted by molar-refractivity contribution is 7.99. The van der Waals surface area contributed by atoms with Gasteiger partial charge in [0.1, 0.15) is 5.03 Å². The van der Waals surface area contributed by atoms with Crippen LogP contribution in [0.3, 0.4) is 0 Å². The van der Waals surface area contributed by atoms with Crippen molar-refractivity contribution in [1.82, 2.24) is 4.98 Å². The Morgan fingerprint density at radius 2 is 1.94 bits per heavy atom. The maximum atomic E-state index is 5.86. The minimum absolute atomic E-state index is 0.181. The SMILES string of the molecule is CC(N)Cc1ccccc1Sc1ccccn1. The predicted molar refractivity (Wildman–Crippen MR) is 72.2 cm³/mol. The molecule has 0 aliphatic rings. The zero-order valence-electron chi connectivity index (χ0n) is 9.84. The van der Waals surface area contributed by atoms with E-state index in [1.807, 2.05) is 31.3 Å². The number of nitrogens with two attached hydrogens (primary N) is 1. The second kappa shape index (κ2) is 5.84. The summed E-state index contributed by atoms with van der Waals surface area (Å²) in [6.45, 7) is 2.03. The van der Waals surface area contributed by atoms with Gasteiger partial charge in [-0.15, -0.1) is 0 Å². The fourth-order valence-corrected chi connectivity index (χ4v) is 2.55. The van der Waals surface area contributed by atoms with Crippen molar-refractivity contribution in [3.8, 4) is 0 Å². The van der Waals surface area contributed by atoms with Crippen LogP contribution in [0.25, 0.3) is 0 Å². The highest BCUT2D eigenvalue weighted by atomic mass is 32.2. The molecule has 0 amide bonds. The molecule has 88 valence electrons. The number of benzene rings is 1. The smallest absolute Gasteiger partial charge is 0.101 e. The van der Waals surface area contributed by atoms with Crippen LogP contribution in [0.2, 0.25) is 0 Å². The summed E-state index contributed by atoms with van der Waals surface area (Å²) < 4.78 is 0. The quantitative estimate of drug-likeness (QED) is 0.898. The monoisotopic (exact) mass is 244 g/mol. The number of rotatable bonds is 4. The summed E-state index contributed by atoms with van der Waals surface area (Å²) in [4.78, 5) is 5.57. The van der Waals surface area contributed by atoms with Crippen LogP contribution in [0, 0.1) is 0 Å². The highest BCUT2D eigenvalue weighted by Crippen LogP contribution is 2.29. The van der Waals surface area contributed by atoms with Crippen molar-refractivity contribution in [3.63, 3.8) is 0 Å². The van der Waals surface area contributed by atoms with E-state index in [0.29, 0.717) is 0 Å². The Morgan fingerprint density at radius 1 is 1.18 bits per heavy atom. The lowest BCUT2D eigenvalue weighted by molar-refractivity contribution is 0.729. The van der Waals surface area contributed by atoms with Crippen LogP contribution in [0.5, 0.6) is 0 Å². The third-order valence-corrected chi connectivity index (χ3v) is 3.44. The average molecular weight is 244 g/mol. The Labute approximate surface area is 106 Å². The first-order chi connectivity index (χ1) is 8.25. The predicted octanol–water partition coefficient (Wildman–Crippen LogP) is 3.12. The van der Waals surface area contributed by atoms with Crippen molar-refractivity contribution in [2.75, 3.05) is 0 Å². The fraction of sp³-hybridized carbons (Fsp3) is 0.214. The van der Waals surface area contributed by atoms with Gasteiger partial charge in [-0.3, -0.25) is 0 Å². The molecule has 0 saturated heterocycles. The number of hydrogen-bond acceptors (Lipinski definition) is 3. The lowest BCUT2D eigenvalue weighted by Gasteiger charge is -2.10. The summed E-state index contributed by atoms with van der Waals surface area (Å²) in [5.74, 6) is 0. The second-order valence-corrected chi connectivity index (χ2v) is 5.12. The van der Waals surface area contributed by atoms with Crippen LogP contribution >= 0.6 is 11.8 Å². The van der Waals surface area contributed by atoms with E-state index in [1.54, 1.807) is 11.8 Å². The van der Waals surface area contributed by atoms with Gasteiger partial charge in [-0.25, -0.2) is 4.98 Å². The number of pyridine rings is 1. The molecule has 0 aliphatic heterocycles. The molecule has 17 heavy (non-hydrogen) atoms. The average Bonchev–Trinajstić information content (AvgIpc) is 2.32. The van der Waals surface area contributed by atoms with Gasteiger partial charge >= 0.3 is 0 Å². The molecule has 2 rings (SSSR count). The van der Waals surface area contributed by atoms with Gasteiger partial charge in [-0.2, -0.15) is 0 Å². The highest BCUT2D eigenvalue weighted by Gasteiger charge is 2.06. The van der Waals surface area contributed by atoms with Crippen LogP contribution < -0.4 is 5.73 Å². The molecule has 2 nitrogen and oxygen atoms in total. The van der Waals surface area contributed by atoms with E-state index in [1.165, 1.54) is 10.5 Å². The van der Waals surface area contributed by atoms with Gasteiger partial charge in [0, 0.05) is 17.1 Å². The van der Waals surface area contributed by atoms with E-state index in [9.17, 15) is 0 Å². The Morgan fingerprint density at radius 3 is 2.65 bits per heavy atom. The lowest BCUT2D eigenvalue weighted by atomic mass is 10.1. The van der Waals surface area contributed by atoms with Gasteiger partial charge < -0.3 is 5.73 Å². The Kier molecular flexibility index (Phi) is 4.18. The minimum Gasteiger partial charge on any atom is -0.328 e. The molecular weight excluding hydrogens is 228 g/mol. The van der Waals surface area contributed by atoms with Crippen molar-refractivity contribution >= 4 is 11.8 Å². The lowest BCUT2D eigenvalue weighted by Crippen LogP contribution is -2.18. The molecule has 0 saturated carbocycles. The van der Waals surface area contributed by atoms with E-state index in [-0.39, 0.29) is 6.04 Å². The molecule has 0 spiro atoms. The zero-order valence-corrected chi connectivity index (χ0v) is 10.7. The van der Waals surface area contributed by atoms with E-state index in [4.69, 9.17) is 5.73 Å². The number of nitrogens with zero attached hydrogens (tertiary/aromatic N) is 1. The molecule has 0 radical (unpaired) electrons. The first kappa shape index (κ1) is 12.1. The Balaban J connectivity index is 2.20. The van der Waals surface area contributed by atoms with E-state index in [0.717, 1.165) is 11.4 Å². The molecule has 1 atom stereocenters. The second-order valence-electron chi connectivity index (χ2n) is 4.06. The summed E-state index contributed by atoms with van der Waals surface area (Å²) in [5, 5.41) is 1.02. The largest absolute Gasteiger partial charge is 0.328 e. The van der Waals surface area contributed by atoms with Crippen molar-refractivity contribution in [1.29, 1.82) is 0 Å². The fourth-order valence-electron chi connectivity index (χ4n) is 1.64. The van der Waals surface area contributed by atoms with Crippen LogP contribution in [0.15, 0.2) is 58.6 Å². The van der Waals surface area contributed by atoms with Crippen molar-refractivity contribution in [3.05, 3.63) is 54.2 Å². The summed E-state index contributed by atoms with van der Waals surface area (Å²) in [6.07, 6.45) is 2.71. The van der Waals surface area contributed by atoms with Gasteiger partial charge in [0.05, 0.1) is 0 Å². The van der Waals surface area contributed by atoms with E-state index >= 15 is 0 Å². The first-order valence-electron chi connectivity index (χ1n) is 5.68. The molecule has 1 aromatic carbocycles. The van der Waals surface area contributed by atoms with Gasteiger partial charge in [0.15, 0.2) is 0 Å². The van der Waals surface area contributed by atoms with Gasteiger partial charge in [-0.05, 0) is 37.1 Å². The summed E-state index contributed by atoms with van der Waals surface area (Å²) in [7, 11) is 0. The topological polar surface area (TPSA) is 38.9 Å². The van der Waals surface area contributed by atoms with Crippen molar-refractivity contribution < 1.29 is 0 Å². The molecule has 3 heteroatoms. The number of hydrogen-bond donors (Lipinski definition) is 1. The van der Waals surface area contributed by atoms with Gasteiger partial charge in [0.25, 0.3) is 0 Å². The molecule has 1 unspecified atom stereocenters. The van der Waals surface area contributed by atoms with Crippen LogP contribution in [0.4, 0.5) is 0 Å². The summed E-state index contributed by atoms with van der Waals surface area (Å²) in [6, 6.07) is 14.5. The Bertz CT molecular complexity index is 469. The maximum absolute atomic E-state index is 5.86. The molecule has 2 N–H and O–H groups in total. The van der Waals surface area contributed by atoms with Gasteiger partial charge in [0.2, 0.25) is 0 Å². The van der Waals surface area contributed by atoms with Gasteiger partial charge in [-0.1, -0.05) is 36.0 Å². The summed E-state index contributed by atoms with van der Waals surface area (Å²) in [5.41, 5.74) is 7.15. The standard InChI is InChI=1S/C14H16N2S/c1-11(15)10-12-6-2-3-7-13(12)17-14-8-4-5-9-16-14/h2-9,11H,10,15H2,1H3. The van der Waals surface area contributed by atoms with Crippen LogP contribution in [-0.2, 0) is 6.42 Å². The Hall–Kier alpha value is -1.32. The molecule has 0 fully saturated rings. The molecule has 0 bridgehead atoms. The maximum Gasteiger partial charge on any atom is 0.101 e. The van der Waals surface area contributed by atoms with Crippen molar-refractivity contribution in [2.45, 2.75) is 29.3 Å². The first-order valence-corrected chi connectivity index (χ1v) is 6.50. The third kappa shape index (κ3) is 3.58. The molecule has 0 aliphatic carbocycles. The van der Waals surface area contributed by atoms with E-state index < -0.39 is 0 Å². The zero-order chi connectivity index (χ0) is 12.1. The minimum atomic E-state index is 0.181.